The molecule has 0 atom stereocenters. The number of pyridine rings is 1. The standard InChI is InChI=1S/C11H13NO2/c1-11(10(13)14)6-8(7-11)9-4-2-3-5-12-9/h2-5,8H,6-7H2,1H3,(H,13,14). The van der Waals surface area contributed by atoms with Crippen molar-refractivity contribution in [2.75, 3.05) is 0 Å². The van der Waals surface area contributed by atoms with Gasteiger partial charge in [0, 0.05) is 17.8 Å². The van der Waals surface area contributed by atoms with Crippen LogP contribution < -0.4 is 0 Å². The van der Waals surface area contributed by atoms with E-state index >= 15 is 0 Å². The summed E-state index contributed by atoms with van der Waals surface area (Å²) in [5, 5.41) is 8.94. The molecular formula is C11H13NO2. The van der Waals surface area contributed by atoms with Crippen LogP contribution in [0.3, 0.4) is 0 Å². The minimum atomic E-state index is -0.690. The van der Waals surface area contributed by atoms with Crippen molar-refractivity contribution in [2.45, 2.75) is 25.7 Å². The van der Waals surface area contributed by atoms with Crippen LogP contribution in [0.2, 0.25) is 0 Å². The monoisotopic (exact) mass is 191 g/mol. The summed E-state index contributed by atoms with van der Waals surface area (Å²) in [7, 11) is 0. The molecule has 0 aliphatic heterocycles. The summed E-state index contributed by atoms with van der Waals surface area (Å²) in [6.45, 7) is 1.80. The van der Waals surface area contributed by atoms with Gasteiger partial charge in [0.25, 0.3) is 0 Å². The van der Waals surface area contributed by atoms with Gasteiger partial charge in [0.2, 0.25) is 0 Å². The fraction of sp³-hybridized carbons (Fsp3) is 0.455. The van der Waals surface area contributed by atoms with Crippen LogP contribution in [-0.4, -0.2) is 16.1 Å². The van der Waals surface area contributed by atoms with Crippen molar-refractivity contribution >= 4 is 5.97 Å². The van der Waals surface area contributed by atoms with Crippen LogP contribution in [0.4, 0.5) is 0 Å². The summed E-state index contributed by atoms with van der Waals surface area (Å²) in [6, 6.07) is 5.78. The van der Waals surface area contributed by atoms with Crippen molar-refractivity contribution in [3.8, 4) is 0 Å². The molecule has 1 aromatic heterocycles. The Morgan fingerprint density at radius 3 is 2.79 bits per heavy atom. The maximum Gasteiger partial charge on any atom is 0.309 e. The van der Waals surface area contributed by atoms with Crippen molar-refractivity contribution < 1.29 is 9.90 Å². The second-order valence-electron chi connectivity index (χ2n) is 4.23. The van der Waals surface area contributed by atoms with E-state index in [1.54, 1.807) is 13.1 Å². The van der Waals surface area contributed by atoms with Gasteiger partial charge in [0.05, 0.1) is 5.41 Å². The lowest BCUT2D eigenvalue weighted by atomic mass is 9.62. The average molecular weight is 191 g/mol. The van der Waals surface area contributed by atoms with E-state index in [4.69, 9.17) is 5.11 Å². The largest absolute Gasteiger partial charge is 0.481 e. The SMILES string of the molecule is CC1(C(=O)O)CC(c2ccccn2)C1. The number of carbonyl (C=O) groups is 1. The average Bonchev–Trinajstić information content (AvgIpc) is 2.14. The molecule has 0 amide bonds. The molecule has 74 valence electrons. The number of carboxylic acid groups (broad SMARTS) is 1. The third kappa shape index (κ3) is 1.39. The molecule has 1 fully saturated rings. The van der Waals surface area contributed by atoms with Gasteiger partial charge in [-0.25, -0.2) is 0 Å². The van der Waals surface area contributed by atoms with Crippen molar-refractivity contribution in [2.24, 2.45) is 5.41 Å². The van der Waals surface area contributed by atoms with Gasteiger partial charge in [-0.2, -0.15) is 0 Å². The van der Waals surface area contributed by atoms with Crippen LogP contribution in [0.1, 0.15) is 31.4 Å². The Labute approximate surface area is 82.8 Å². The quantitative estimate of drug-likeness (QED) is 0.778. The molecule has 0 unspecified atom stereocenters. The molecule has 0 saturated heterocycles. The van der Waals surface area contributed by atoms with Crippen molar-refractivity contribution in [3.05, 3.63) is 30.1 Å². The summed E-state index contributed by atoms with van der Waals surface area (Å²) in [6.07, 6.45) is 3.17. The Kier molecular flexibility index (Phi) is 2.02. The van der Waals surface area contributed by atoms with E-state index in [0.717, 1.165) is 5.69 Å². The number of carboxylic acids is 1. The number of hydrogen-bond donors (Lipinski definition) is 1. The first kappa shape index (κ1) is 9.19. The molecule has 0 bridgehead atoms. The van der Waals surface area contributed by atoms with Crippen molar-refractivity contribution in [3.63, 3.8) is 0 Å². The normalized spacial score (nSPS) is 30.8. The van der Waals surface area contributed by atoms with Crippen LogP contribution in [0.25, 0.3) is 0 Å². The molecule has 1 aliphatic carbocycles. The fourth-order valence-electron chi connectivity index (χ4n) is 2.03. The Hall–Kier alpha value is -1.38. The van der Waals surface area contributed by atoms with Crippen molar-refractivity contribution in [1.82, 2.24) is 4.98 Å². The van der Waals surface area contributed by atoms with Gasteiger partial charge in [0.15, 0.2) is 0 Å². The van der Waals surface area contributed by atoms with E-state index in [-0.39, 0.29) is 0 Å². The van der Waals surface area contributed by atoms with Crippen LogP contribution in [0, 0.1) is 5.41 Å². The molecule has 3 nitrogen and oxygen atoms in total. The smallest absolute Gasteiger partial charge is 0.309 e. The van der Waals surface area contributed by atoms with E-state index in [1.807, 2.05) is 18.2 Å². The summed E-state index contributed by atoms with van der Waals surface area (Å²) in [5.41, 5.74) is 0.494. The number of nitrogens with zero attached hydrogens (tertiary/aromatic N) is 1. The van der Waals surface area contributed by atoms with Crippen LogP contribution in [-0.2, 0) is 4.79 Å². The highest BCUT2D eigenvalue weighted by Crippen LogP contribution is 2.50. The number of rotatable bonds is 2. The first-order valence-corrected chi connectivity index (χ1v) is 4.76. The lowest BCUT2D eigenvalue weighted by Gasteiger charge is -2.41. The summed E-state index contributed by atoms with van der Waals surface area (Å²) < 4.78 is 0. The molecule has 1 aliphatic rings. The zero-order valence-electron chi connectivity index (χ0n) is 8.10. The molecule has 0 spiro atoms. The van der Waals surface area contributed by atoms with Crippen LogP contribution >= 0.6 is 0 Å². The van der Waals surface area contributed by atoms with Gasteiger partial charge in [-0.15, -0.1) is 0 Å². The molecular weight excluding hydrogens is 178 g/mol. The Morgan fingerprint density at radius 2 is 2.29 bits per heavy atom. The molecule has 0 aromatic carbocycles. The third-order valence-electron chi connectivity index (χ3n) is 3.02. The highest BCUT2D eigenvalue weighted by molar-refractivity contribution is 5.75. The topological polar surface area (TPSA) is 50.2 Å². The van der Waals surface area contributed by atoms with Gasteiger partial charge in [-0.1, -0.05) is 6.07 Å². The van der Waals surface area contributed by atoms with Gasteiger partial charge < -0.3 is 5.11 Å². The summed E-state index contributed by atoms with van der Waals surface area (Å²) in [4.78, 5) is 15.1. The Bertz CT molecular complexity index is 342. The second kappa shape index (κ2) is 3.08. The molecule has 1 heterocycles. The van der Waals surface area contributed by atoms with E-state index in [1.165, 1.54) is 0 Å². The van der Waals surface area contributed by atoms with E-state index < -0.39 is 11.4 Å². The molecule has 0 radical (unpaired) electrons. The minimum absolute atomic E-state index is 0.331. The molecule has 1 saturated carbocycles. The third-order valence-corrected chi connectivity index (χ3v) is 3.02. The van der Waals surface area contributed by atoms with Gasteiger partial charge in [-0.05, 0) is 31.9 Å². The molecule has 1 N–H and O–H groups in total. The lowest BCUT2D eigenvalue weighted by Crippen LogP contribution is -2.40. The maximum atomic E-state index is 10.9. The maximum absolute atomic E-state index is 10.9. The molecule has 3 heteroatoms. The number of aromatic nitrogens is 1. The minimum Gasteiger partial charge on any atom is -0.481 e. The van der Waals surface area contributed by atoms with E-state index in [9.17, 15) is 4.79 Å². The van der Waals surface area contributed by atoms with Crippen LogP contribution in [0.5, 0.6) is 0 Å². The summed E-state index contributed by atoms with van der Waals surface area (Å²) >= 11 is 0. The highest BCUT2D eigenvalue weighted by Gasteiger charge is 2.47. The summed E-state index contributed by atoms with van der Waals surface area (Å²) in [5.74, 6) is -0.359. The fourth-order valence-corrected chi connectivity index (χ4v) is 2.03. The van der Waals surface area contributed by atoms with Crippen molar-refractivity contribution in [1.29, 1.82) is 0 Å². The second-order valence-corrected chi connectivity index (χ2v) is 4.23. The Morgan fingerprint density at radius 1 is 1.57 bits per heavy atom. The zero-order valence-corrected chi connectivity index (χ0v) is 8.10. The van der Waals surface area contributed by atoms with E-state index in [2.05, 4.69) is 4.98 Å². The van der Waals surface area contributed by atoms with Crippen LogP contribution in [0.15, 0.2) is 24.4 Å². The first-order chi connectivity index (χ1) is 6.62. The molecule has 14 heavy (non-hydrogen) atoms. The lowest BCUT2D eigenvalue weighted by molar-refractivity contribution is -0.154. The zero-order chi connectivity index (χ0) is 10.2. The highest BCUT2D eigenvalue weighted by atomic mass is 16.4. The predicted octanol–water partition coefficient (Wildman–Crippen LogP) is 2.05. The van der Waals surface area contributed by atoms with Gasteiger partial charge >= 0.3 is 5.97 Å². The predicted molar refractivity (Wildman–Crippen MR) is 52.0 cm³/mol. The first-order valence-electron chi connectivity index (χ1n) is 4.76. The Balaban J connectivity index is 2.05. The van der Waals surface area contributed by atoms with Gasteiger partial charge in [-0.3, -0.25) is 9.78 Å². The van der Waals surface area contributed by atoms with Gasteiger partial charge in [0.1, 0.15) is 0 Å². The number of aliphatic carboxylic acids is 1. The molecule has 2 rings (SSSR count). The number of hydrogen-bond acceptors (Lipinski definition) is 2. The molecule has 1 aromatic rings. The van der Waals surface area contributed by atoms with E-state index in [0.29, 0.717) is 18.8 Å².